The summed E-state index contributed by atoms with van der Waals surface area (Å²) in [6, 6.07) is 0. The summed E-state index contributed by atoms with van der Waals surface area (Å²) < 4.78 is 0. The molecule has 1 saturated heterocycles. The quantitative estimate of drug-likeness (QED) is 0.682. The molecule has 0 amide bonds. The Morgan fingerprint density at radius 2 is 1.56 bits per heavy atom. The molecule has 1 rings (SSSR count). The molecule has 16 heavy (non-hydrogen) atoms. The van der Waals surface area contributed by atoms with E-state index < -0.39 is 11.9 Å². The second kappa shape index (κ2) is 6.48. The normalized spacial score (nSPS) is 16.8. The molecule has 0 aromatic rings. The van der Waals surface area contributed by atoms with E-state index in [-0.39, 0.29) is 18.8 Å². The Bertz CT molecular complexity index is 232. The highest BCUT2D eigenvalue weighted by molar-refractivity contribution is 5.70. The first-order valence-corrected chi connectivity index (χ1v) is 5.74. The molecule has 0 aliphatic carbocycles. The van der Waals surface area contributed by atoms with Crippen LogP contribution in [0.3, 0.4) is 0 Å². The second-order valence-corrected chi connectivity index (χ2v) is 4.40. The maximum atomic E-state index is 10.6. The van der Waals surface area contributed by atoms with Crippen LogP contribution in [0.15, 0.2) is 0 Å². The van der Waals surface area contributed by atoms with Crippen molar-refractivity contribution in [1.82, 2.24) is 4.90 Å². The average molecular weight is 229 g/mol. The van der Waals surface area contributed by atoms with Crippen molar-refractivity contribution >= 4 is 11.9 Å². The molecule has 0 aromatic heterocycles. The predicted octanol–water partition coefficient (Wildman–Crippen LogP) is 1.04. The molecule has 92 valence electrons. The minimum Gasteiger partial charge on any atom is -0.481 e. The molecule has 0 unspecified atom stereocenters. The Hall–Kier alpha value is -1.10. The van der Waals surface area contributed by atoms with Crippen molar-refractivity contribution in [2.45, 2.75) is 32.1 Å². The van der Waals surface area contributed by atoms with E-state index in [1.54, 1.807) is 0 Å². The van der Waals surface area contributed by atoms with E-state index in [0.717, 1.165) is 19.6 Å². The van der Waals surface area contributed by atoms with Crippen molar-refractivity contribution in [1.29, 1.82) is 0 Å². The Balaban J connectivity index is 2.30. The van der Waals surface area contributed by atoms with Gasteiger partial charge in [0.15, 0.2) is 0 Å². The molecule has 0 bridgehead atoms. The lowest BCUT2D eigenvalue weighted by molar-refractivity contribution is -0.140. The van der Waals surface area contributed by atoms with Crippen LogP contribution in [0.5, 0.6) is 0 Å². The van der Waals surface area contributed by atoms with Gasteiger partial charge in [0.05, 0.1) is 0 Å². The Morgan fingerprint density at radius 3 is 2.00 bits per heavy atom. The summed E-state index contributed by atoms with van der Waals surface area (Å²) in [5.74, 6) is -2.06. The summed E-state index contributed by atoms with van der Waals surface area (Å²) in [6.45, 7) is 2.95. The third kappa shape index (κ3) is 5.11. The van der Waals surface area contributed by atoms with Crippen molar-refractivity contribution in [2.75, 3.05) is 19.6 Å². The van der Waals surface area contributed by atoms with Gasteiger partial charge < -0.3 is 15.1 Å². The van der Waals surface area contributed by atoms with E-state index in [4.69, 9.17) is 10.2 Å². The van der Waals surface area contributed by atoms with Gasteiger partial charge in [-0.15, -0.1) is 0 Å². The fourth-order valence-electron chi connectivity index (χ4n) is 2.14. The zero-order valence-electron chi connectivity index (χ0n) is 9.39. The SMILES string of the molecule is O=C(O)CC(CCN1CCCC1)CC(=O)O. The third-order valence-electron chi connectivity index (χ3n) is 2.98. The van der Waals surface area contributed by atoms with Crippen LogP contribution in [0.1, 0.15) is 32.1 Å². The molecule has 0 saturated carbocycles. The van der Waals surface area contributed by atoms with Gasteiger partial charge in [0, 0.05) is 12.8 Å². The first-order chi connectivity index (χ1) is 7.58. The van der Waals surface area contributed by atoms with E-state index >= 15 is 0 Å². The molecule has 0 atom stereocenters. The van der Waals surface area contributed by atoms with Gasteiger partial charge in [-0.25, -0.2) is 0 Å². The summed E-state index contributed by atoms with van der Waals surface area (Å²) >= 11 is 0. The second-order valence-electron chi connectivity index (χ2n) is 4.40. The van der Waals surface area contributed by atoms with E-state index in [1.165, 1.54) is 12.8 Å². The number of hydrogen-bond donors (Lipinski definition) is 2. The van der Waals surface area contributed by atoms with Crippen molar-refractivity contribution in [3.63, 3.8) is 0 Å². The molecule has 1 fully saturated rings. The minimum absolute atomic E-state index is 0.0415. The molecular formula is C11H19NO4. The molecule has 5 heteroatoms. The van der Waals surface area contributed by atoms with Crippen molar-refractivity contribution in [2.24, 2.45) is 5.92 Å². The van der Waals surface area contributed by atoms with Gasteiger partial charge in [-0.2, -0.15) is 0 Å². The van der Waals surface area contributed by atoms with Crippen LogP contribution in [-0.2, 0) is 9.59 Å². The van der Waals surface area contributed by atoms with E-state index in [1.807, 2.05) is 0 Å². The van der Waals surface area contributed by atoms with Gasteiger partial charge in [-0.3, -0.25) is 9.59 Å². The predicted molar refractivity (Wildman–Crippen MR) is 58.3 cm³/mol. The standard InChI is InChI=1S/C11H19NO4/c13-10(14)7-9(8-11(15)16)3-6-12-4-1-2-5-12/h9H,1-8H2,(H,13,14)(H,15,16). The van der Waals surface area contributed by atoms with Crippen molar-refractivity contribution in [3.8, 4) is 0 Å². The summed E-state index contributed by atoms with van der Waals surface area (Å²) in [4.78, 5) is 23.4. The fourth-order valence-corrected chi connectivity index (χ4v) is 2.14. The molecule has 1 heterocycles. The number of likely N-dealkylation sites (tertiary alicyclic amines) is 1. The average Bonchev–Trinajstić information content (AvgIpc) is 2.64. The highest BCUT2D eigenvalue weighted by atomic mass is 16.4. The van der Waals surface area contributed by atoms with Crippen molar-refractivity contribution < 1.29 is 19.8 Å². The van der Waals surface area contributed by atoms with Gasteiger partial charge in [0.1, 0.15) is 0 Å². The van der Waals surface area contributed by atoms with Gasteiger partial charge in [0.2, 0.25) is 0 Å². The zero-order valence-corrected chi connectivity index (χ0v) is 9.39. The topological polar surface area (TPSA) is 77.8 Å². The number of rotatable bonds is 7. The molecule has 0 radical (unpaired) electrons. The number of aliphatic carboxylic acids is 2. The number of hydrogen-bond acceptors (Lipinski definition) is 3. The van der Waals surface area contributed by atoms with Crippen LogP contribution in [0.4, 0.5) is 0 Å². The van der Waals surface area contributed by atoms with Gasteiger partial charge in [0.25, 0.3) is 0 Å². The largest absolute Gasteiger partial charge is 0.481 e. The number of carboxylic acids is 2. The molecule has 2 N–H and O–H groups in total. The number of nitrogens with zero attached hydrogens (tertiary/aromatic N) is 1. The van der Waals surface area contributed by atoms with Crippen LogP contribution >= 0.6 is 0 Å². The lowest BCUT2D eigenvalue weighted by Gasteiger charge is -2.18. The highest BCUT2D eigenvalue weighted by Crippen LogP contribution is 2.16. The van der Waals surface area contributed by atoms with E-state index in [2.05, 4.69) is 4.90 Å². The van der Waals surface area contributed by atoms with E-state index in [0.29, 0.717) is 6.42 Å². The zero-order chi connectivity index (χ0) is 12.0. The van der Waals surface area contributed by atoms with Crippen LogP contribution in [0, 0.1) is 5.92 Å². The van der Waals surface area contributed by atoms with Crippen LogP contribution in [0.25, 0.3) is 0 Å². The monoisotopic (exact) mass is 229 g/mol. The first-order valence-electron chi connectivity index (χ1n) is 5.74. The summed E-state index contributed by atoms with van der Waals surface area (Å²) in [6.07, 6.45) is 2.98. The number of carbonyl (C=O) groups is 2. The van der Waals surface area contributed by atoms with Crippen LogP contribution in [-0.4, -0.2) is 46.7 Å². The van der Waals surface area contributed by atoms with Gasteiger partial charge >= 0.3 is 11.9 Å². The summed E-state index contributed by atoms with van der Waals surface area (Å²) in [7, 11) is 0. The van der Waals surface area contributed by atoms with Crippen LogP contribution < -0.4 is 0 Å². The summed E-state index contributed by atoms with van der Waals surface area (Å²) in [5.41, 5.74) is 0. The van der Waals surface area contributed by atoms with E-state index in [9.17, 15) is 9.59 Å². The molecule has 1 aliphatic rings. The maximum Gasteiger partial charge on any atom is 0.303 e. The van der Waals surface area contributed by atoms with Crippen molar-refractivity contribution in [3.05, 3.63) is 0 Å². The Morgan fingerprint density at radius 1 is 1.06 bits per heavy atom. The molecule has 1 aliphatic heterocycles. The Kier molecular flexibility index (Phi) is 5.25. The molecule has 0 spiro atoms. The smallest absolute Gasteiger partial charge is 0.303 e. The lowest BCUT2D eigenvalue weighted by Crippen LogP contribution is -2.24. The maximum absolute atomic E-state index is 10.6. The molecular weight excluding hydrogens is 210 g/mol. The summed E-state index contributed by atoms with van der Waals surface area (Å²) in [5, 5.41) is 17.4. The van der Waals surface area contributed by atoms with Gasteiger partial charge in [-0.1, -0.05) is 0 Å². The fraction of sp³-hybridized carbons (Fsp3) is 0.818. The molecule has 5 nitrogen and oxygen atoms in total. The lowest BCUT2D eigenvalue weighted by atomic mass is 9.97. The number of carboxylic acid groups (broad SMARTS) is 2. The Labute approximate surface area is 95.1 Å². The third-order valence-corrected chi connectivity index (χ3v) is 2.98. The van der Waals surface area contributed by atoms with Gasteiger partial charge in [-0.05, 0) is 44.8 Å². The highest BCUT2D eigenvalue weighted by Gasteiger charge is 2.19. The first kappa shape index (κ1) is 13.0. The minimum atomic E-state index is -0.910. The van der Waals surface area contributed by atoms with Crippen LogP contribution in [0.2, 0.25) is 0 Å². The molecule has 0 aromatic carbocycles.